The van der Waals surface area contributed by atoms with Crippen LogP contribution in [-0.4, -0.2) is 81.0 Å². The predicted molar refractivity (Wildman–Crippen MR) is 135 cm³/mol. The number of oxime groups is 1. The number of thiazole rings is 1. The van der Waals surface area contributed by atoms with Crippen molar-refractivity contribution < 1.29 is 47.8 Å². The minimum absolute atomic E-state index is 0.00958. The van der Waals surface area contributed by atoms with Gasteiger partial charge in [-0.05, 0) is 32.4 Å². The molecule has 17 heteroatoms. The Morgan fingerprint density at radius 2 is 2.05 bits per heavy atom. The van der Waals surface area contributed by atoms with Gasteiger partial charge in [0.25, 0.3) is 11.8 Å². The summed E-state index contributed by atoms with van der Waals surface area (Å²) in [6.45, 7) is 3.27. The summed E-state index contributed by atoms with van der Waals surface area (Å²) in [7, 11) is 0. The molecule has 0 saturated carbocycles. The SMILES string of the molecule is CC(C)(C)C(=O)OCOC(=O)C1=C(/C=C\F)CS[C@@H]2C(NC(=O)/C(=N\OCC(=O)O)c3csc(N)n3)C(=O)N12. The van der Waals surface area contributed by atoms with Gasteiger partial charge in [0.2, 0.25) is 13.4 Å². The second-order valence-electron chi connectivity index (χ2n) is 8.94. The number of nitrogens with one attached hydrogen (secondary N) is 1. The van der Waals surface area contributed by atoms with Crippen LogP contribution in [-0.2, 0) is 38.3 Å². The van der Waals surface area contributed by atoms with Crippen molar-refractivity contribution in [2.24, 2.45) is 10.6 Å². The van der Waals surface area contributed by atoms with Crippen molar-refractivity contribution in [3.8, 4) is 0 Å². The number of thioether (sulfide) groups is 1. The van der Waals surface area contributed by atoms with E-state index in [-0.39, 0.29) is 34.2 Å². The normalized spacial score (nSPS) is 19.3. The minimum atomic E-state index is -1.34. The van der Waals surface area contributed by atoms with Crippen LogP contribution >= 0.6 is 23.1 Å². The fraction of sp³-hybridized carbons (Fsp3) is 0.409. The molecular weight excluding hydrogens is 561 g/mol. The van der Waals surface area contributed by atoms with E-state index in [2.05, 4.69) is 20.3 Å². The van der Waals surface area contributed by atoms with E-state index in [1.807, 2.05) is 0 Å². The molecule has 210 valence electrons. The van der Waals surface area contributed by atoms with Crippen LogP contribution in [0.25, 0.3) is 0 Å². The Kier molecular flexibility index (Phi) is 9.28. The van der Waals surface area contributed by atoms with Crippen LogP contribution in [0, 0.1) is 5.41 Å². The van der Waals surface area contributed by atoms with E-state index >= 15 is 0 Å². The third kappa shape index (κ3) is 6.91. The zero-order valence-electron chi connectivity index (χ0n) is 20.8. The van der Waals surface area contributed by atoms with E-state index in [0.717, 1.165) is 34.1 Å². The predicted octanol–water partition coefficient (Wildman–Crippen LogP) is 0.758. The number of aromatic nitrogens is 1. The number of fused-ring (bicyclic) bond motifs is 1. The summed E-state index contributed by atoms with van der Waals surface area (Å²) >= 11 is 2.13. The van der Waals surface area contributed by atoms with Crippen LogP contribution in [0.3, 0.4) is 0 Å². The molecule has 1 aromatic heterocycles. The molecule has 0 spiro atoms. The molecular formula is C22H24FN5O9S2. The minimum Gasteiger partial charge on any atom is -0.479 e. The molecule has 39 heavy (non-hydrogen) atoms. The molecule has 1 unspecified atom stereocenters. The number of allylic oxidation sites excluding steroid dienone is 1. The van der Waals surface area contributed by atoms with Crippen LogP contribution in [0.5, 0.6) is 0 Å². The maximum atomic E-state index is 13.0. The molecule has 1 fully saturated rings. The standard InChI is InChI=1S/C22H24FN5O9S2/c1-22(2,3)20(34)36-9-35-19(33)15-10(4-5-23)7-38-18-14(17(32)28(15)18)26-16(31)13(27-37-6-12(29)30)11-8-39-21(24)25-11/h4-5,8,14,18H,6-7,9H2,1-3H3,(H2,24,25)(H,26,31)(H,29,30)/b5-4-,27-13-/t14?,18-/m1/s1. The van der Waals surface area contributed by atoms with Gasteiger partial charge in [0, 0.05) is 11.1 Å². The second-order valence-corrected chi connectivity index (χ2v) is 10.9. The number of esters is 2. The Balaban J connectivity index is 1.75. The number of halogens is 1. The average Bonchev–Trinajstić information content (AvgIpc) is 3.29. The molecule has 0 aromatic carbocycles. The lowest BCUT2D eigenvalue weighted by atomic mass is 9.98. The van der Waals surface area contributed by atoms with Crippen molar-refractivity contribution in [2.75, 3.05) is 24.9 Å². The highest BCUT2D eigenvalue weighted by molar-refractivity contribution is 8.00. The molecule has 14 nitrogen and oxygen atoms in total. The van der Waals surface area contributed by atoms with Gasteiger partial charge in [-0.2, -0.15) is 0 Å². The lowest BCUT2D eigenvalue weighted by molar-refractivity contribution is -0.173. The molecule has 0 bridgehead atoms. The summed E-state index contributed by atoms with van der Waals surface area (Å²) in [6.07, 6.45) is 1.20. The van der Waals surface area contributed by atoms with Crippen molar-refractivity contribution in [3.63, 3.8) is 0 Å². The smallest absolute Gasteiger partial charge is 0.358 e. The summed E-state index contributed by atoms with van der Waals surface area (Å²) in [5.74, 6) is -4.54. The Bertz CT molecular complexity index is 1270. The number of β-lactam (4-membered cyclic amide) rings is 1. The first-order chi connectivity index (χ1) is 18.3. The molecule has 2 amide bonds. The number of carboxylic acid groups (broad SMARTS) is 1. The summed E-state index contributed by atoms with van der Waals surface area (Å²) in [4.78, 5) is 71.2. The number of anilines is 1. The number of aliphatic carboxylic acids is 1. The molecule has 1 saturated heterocycles. The number of ether oxygens (including phenoxy) is 2. The first-order valence-electron chi connectivity index (χ1n) is 11.1. The van der Waals surface area contributed by atoms with Gasteiger partial charge in [-0.1, -0.05) is 5.16 Å². The van der Waals surface area contributed by atoms with Crippen LogP contribution in [0.1, 0.15) is 26.5 Å². The number of nitrogens with two attached hydrogens (primary N) is 1. The number of amides is 2. The molecule has 3 rings (SSSR count). The third-order valence-corrected chi connectivity index (χ3v) is 7.03. The number of nitrogen functional groups attached to an aromatic ring is 1. The van der Waals surface area contributed by atoms with Crippen molar-refractivity contribution >= 4 is 63.7 Å². The average molecular weight is 586 g/mol. The molecule has 0 aliphatic carbocycles. The number of carbonyl (C=O) groups is 5. The van der Waals surface area contributed by atoms with Gasteiger partial charge in [-0.25, -0.2) is 19.0 Å². The van der Waals surface area contributed by atoms with Crippen LogP contribution < -0.4 is 11.1 Å². The second kappa shape index (κ2) is 12.2. The van der Waals surface area contributed by atoms with Gasteiger partial charge in [-0.15, -0.1) is 23.1 Å². The van der Waals surface area contributed by atoms with Crippen molar-refractivity contribution in [1.29, 1.82) is 0 Å². The van der Waals surface area contributed by atoms with E-state index in [9.17, 15) is 28.4 Å². The zero-order chi connectivity index (χ0) is 28.9. The fourth-order valence-electron chi connectivity index (χ4n) is 3.22. The van der Waals surface area contributed by atoms with Crippen molar-refractivity contribution in [3.05, 3.63) is 34.7 Å². The monoisotopic (exact) mass is 585 g/mol. The molecule has 4 N–H and O–H groups in total. The van der Waals surface area contributed by atoms with Gasteiger partial charge in [0.1, 0.15) is 22.8 Å². The topological polar surface area (TPSA) is 200 Å². The highest BCUT2D eigenvalue weighted by Crippen LogP contribution is 2.41. The zero-order valence-corrected chi connectivity index (χ0v) is 22.5. The number of rotatable bonds is 10. The number of hydrogen-bond acceptors (Lipinski definition) is 13. The summed E-state index contributed by atoms with van der Waals surface area (Å²) in [5, 5.41) is 15.5. The Morgan fingerprint density at radius 3 is 2.64 bits per heavy atom. The summed E-state index contributed by atoms with van der Waals surface area (Å²) in [6, 6.07) is -1.14. The fourth-order valence-corrected chi connectivity index (χ4v) is 5.09. The number of nitrogens with zero attached hydrogens (tertiary/aromatic N) is 3. The summed E-state index contributed by atoms with van der Waals surface area (Å²) in [5.41, 5.74) is 4.21. The van der Waals surface area contributed by atoms with Crippen LogP contribution in [0.2, 0.25) is 0 Å². The maximum Gasteiger partial charge on any atom is 0.358 e. The van der Waals surface area contributed by atoms with E-state index in [4.69, 9.17) is 20.3 Å². The lowest BCUT2D eigenvalue weighted by Crippen LogP contribution is -2.71. The van der Waals surface area contributed by atoms with E-state index in [1.54, 1.807) is 20.8 Å². The number of carbonyl (C=O) groups excluding carboxylic acids is 4. The van der Waals surface area contributed by atoms with E-state index in [0.29, 0.717) is 0 Å². The molecule has 0 radical (unpaired) electrons. The Hall–Kier alpha value is -3.99. The number of hydrogen-bond donors (Lipinski definition) is 3. The van der Waals surface area contributed by atoms with Crippen molar-refractivity contribution in [1.82, 2.24) is 15.2 Å². The van der Waals surface area contributed by atoms with Crippen molar-refractivity contribution in [2.45, 2.75) is 32.2 Å². The van der Waals surface area contributed by atoms with E-state index in [1.165, 1.54) is 5.38 Å². The van der Waals surface area contributed by atoms with Crippen LogP contribution in [0.4, 0.5) is 9.52 Å². The van der Waals surface area contributed by atoms with Crippen LogP contribution in [0.15, 0.2) is 34.2 Å². The number of carboxylic acids is 1. The van der Waals surface area contributed by atoms with Gasteiger partial charge in [0.15, 0.2) is 10.8 Å². The van der Waals surface area contributed by atoms with Gasteiger partial charge in [0.05, 0.1) is 11.7 Å². The third-order valence-electron chi connectivity index (χ3n) is 5.06. The largest absolute Gasteiger partial charge is 0.479 e. The van der Waals surface area contributed by atoms with Gasteiger partial charge in [-0.3, -0.25) is 19.3 Å². The molecule has 1 aromatic rings. The molecule has 2 aliphatic rings. The maximum absolute atomic E-state index is 13.0. The molecule has 3 heterocycles. The summed E-state index contributed by atoms with van der Waals surface area (Å²) < 4.78 is 23.0. The highest BCUT2D eigenvalue weighted by atomic mass is 32.2. The van der Waals surface area contributed by atoms with Gasteiger partial charge < -0.3 is 30.5 Å². The quantitative estimate of drug-likeness (QED) is 0.115. The van der Waals surface area contributed by atoms with Gasteiger partial charge >= 0.3 is 17.9 Å². The van der Waals surface area contributed by atoms with E-state index < -0.39 is 65.7 Å². The Labute approximate surface area is 229 Å². The highest BCUT2D eigenvalue weighted by Gasteiger charge is 2.54. The Morgan fingerprint density at radius 1 is 1.33 bits per heavy atom. The lowest BCUT2D eigenvalue weighted by Gasteiger charge is -2.49. The molecule has 2 aliphatic heterocycles. The first kappa shape index (κ1) is 29.6. The molecule has 2 atom stereocenters. The first-order valence-corrected chi connectivity index (χ1v) is 13.0.